The zero-order chi connectivity index (χ0) is 26.9. The third-order valence-electron chi connectivity index (χ3n) is 6.87. The Kier molecular flexibility index (Phi) is 9.53. The number of hydrogen-bond donors (Lipinski definition) is 1. The molecule has 4 rings (SSSR count). The number of carbonyl (C=O) groups excluding carboxylic acids is 2. The number of rotatable bonds is 13. The van der Waals surface area contributed by atoms with Crippen LogP contribution in [0.25, 0.3) is 11.0 Å². The van der Waals surface area contributed by atoms with E-state index in [4.69, 9.17) is 14.2 Å². The Morgan fingerprint density at radius 1 is 1.11 bits per heavy atom. The molecule has 1 fully saturated rings. The summed E-state index contributed by atoms with van der Waals surface area (Å²) in [7, 11) is 3.12. The predicted octanol–water partition coefficient (Wildman–Crippen LogP) is 3.50. The Morgan fingerprint density at radius 2 is 1.82 bits per heavy atom. The van der Waals surface area contributed by atoms with Crippen molar-refractivity contribution in [3.8, 4) is 11.5 Å². The van der Waals surface area contributed by atoms with Gasteiger partial charge in [0.05, 0.1) is 19.7 Å². The van der Waals surface area contributed by atoms with E-state index in [0.29, 0.717) is 48.8 Å². The second-order valence-corrected chi connectivity index (χ2v) is 9.41. The topological polar surface area (TPSA) is 108 Å². The monoisotopic (exact) mass is 523 g/mol. The van der Waals surface area contributed by atoms with Crippen molar-refractivity contribution < 1.29 is 23.8 Å². The van der Waals surface area contributed by atoms with Crippen molar-refractivity contribution in [2.75, 3.05) is 34.0 Å². The lowest BCUT2D eigenvalue weighted by molar-refractivity contribution is -0.142. The number of carbonyl (C=O) groups is 2. The van der Waals surface area contributed by atoms with Crippen LogP contribution < -0.4 is 14.8 Å². The number of ether oxygens (including phenoxy) is 3. The van der Waals surface area contributed by atoms with E-state index < -0.39 is 6.04 Å². The van der Waals surface area contributed by atoms with Gasteiger partial charge in [0, 0.05) is 31.9 Å². The second kappa shape index (κ2) is 13.2. The van der Waals surface area contributed by atoms with Gasteiger partial charge < -0.3 is 24.4 Å². The summed E-state index contributed by atoms with van der Waals surface area (Å²) in [5.74, 6) is 0.620. The third-order valence-corrected chi connectivity index (χ3v) is 6.87. The molecule has 10 nitrogen and oxygen atoms in total. The summed E-state index contributed by atoms with van der Waals surface area (Å²) < 4.78 is 18.1. The van der Waals surface area contributed by atoms with Gasteiger partial charge in [-0.15, -0.1) is 5.10 Å². The average Bonchev–Trinajstić information content (AvgIpc) is 3.60. The molecule has 2 amide bonds. The largest absolute Gasteiger partial charge is 0.497 e. The first-order chi connectivity index (χ1) is 18.5. The SMILES string of the molecule is CCOCCCN(C(=O)Cn1nnc2ccccc21)[C@@H](C(=O)NC1CCCC1)c1cc(OC)cc(OC)c1. The van der Waals surface area contributed by atoms with Crippen molar-refractivity contribution in [3.63, 3.8) is 0 Å². The molecule has 1 aromatic heterocycles. The van der Waals surface area contributed by atoms with Crippen molar-refractivity contribution in [2.45, 2.75) is 57.7 Å². The van der Waals surface area contributed by atoms with E-state index in [1.165, 1.54) is 0 Å². The molecule has 0 unspecified atom stereocenters. The smallest absolute Gasteiger partial charge is 0.247 e. The first-order valence-corrected chi connectivity index (χ1v) is 13.2. The Bertz CT molecular complexity index is 1200. The molecule has 10 heteroatoms. The van der Waals surface area contributed by atoms with E-state index in [9.17, 15) is 9.59 Å². The molecule has 0 bridgehead atoms. The molecule has 1 aliphatic rings. The van der Waals surface area contributed by atoms with E-state index in [-0.39, 0.29) is 24.4 Å². The minimum atomic E-state index is -0.886. The predicted molar refractivity (Wildman–Crippen MR) is 143 cm³/mol. The molecule has 2 aromatic carbocycles. The van der Waals surface area contributed by atoms with Crippen LogP contribution in [0.4, 0.5) is 0 Å². The summed E-state index contributed by atoms with van der Waals surface area (Å²) in [5, 5.41) is 11.6. The van der Waals surface area contributed by atoms with Crippen LogP contribution >= 0.6 is 0 Å². The number of fused-ring (bicyclic) bond motifs is 1. The molecule has 1 N–H and O–H groups in total. The van der Waals surface area contributed by atoms with E-state index in [1.807, 2.05) is 31.2 Å². The summed E-state index contributed by atoms with van der Waals surface area (Å²) in [6, 6.07) is 12.0. The highest BCUT2D eigenvalue weighted by atomic mass is 16.5. The lowest BCUT2D eigenvalue weighted by atomic mass is 10.0. The molecule has 0 spiro atoms. The summed E-state index contributed by atoms with van der Waals surface area (Å²) in [6.45, 7) is 3.26. The van der Waals surface area contributed by atoms with E-state index in [2.05, 4.69) is 15.6 Å². The molecule has 0 saturated heterocycles. The Hall–Kier alpha value is -3.66. The zero-order valence-electron chi connectivity index (χ0n) is 22.4. The fourth-order valence-corrected chi connectivity index (χ4v) is 4.94. The Balaban J connectivity index is 1.70. The number of aromatic nitrogens is 3. The molecule has 1 atom stereocenters. The van der Waals surface area contributed by atoms with E-state index in [1.54, 1.807) is 42.0 Å². The maximum atomic E-state index is 13.9. The first kappa shape index (κ1) is 27.4. The molecule has 3 aromatic rings. The van der Waals surface area contributed by atoms with Crippen molar-refractivity contribution in [1.82, 2.24) is 25.2 Å². The highest BCUT2D eigenvalue weighted by Gasteiger charge is 2.34. The Labute approximate surface area is 223 Å². The molecule has 1 heterocycles. The van der Waals surface area contributed by atoms with Crippen molar-refractivity contribution in [1.29, 1.82) is 0 Å². The molecular formula is C28H37N5O5. The number of hydrogen-bond acceptors (Lipinski definition) is 7. The highest BCUT2D eigenvalue weighted by Crippen LogP contribution is 2.31. The number of nitrogens with zero attached hydrogens (tertiary/aromatic N) is 4. The minimum Gasteiger partial charge on any atom is -0.497 e. The van der Waals surface area contributed by atoms with Gasteiger partial charge in [0.15, 0.2) is 0 Å². The molecule has 0 aliphatic heterocycles. The molecule has 1 saturated carbocycles. The van der Waals surface area contributed by atoms with Gasteiger partial charge in [0.25, 0.3) is 0 Å². The Morgan fingerprint density at radius 3 is 2.50 bits per heavy atom. The summed E-state index contributed by atoms with van der Waals surface area (Å²) in [6.07, 6.45) is 4.61. The maximum absolute atomic E-state index is 13.9. The van der Waals surface area contributed by atoms with Crippen LogP contribution in [-0.2, 0) is 20.9 Å². The van der Waals surface area contributed by atoms with Gasteiger partial charge in [-0.25, -0.2) is 4.68 Å². The molecule has 204 valence electrons. The second-order valence-electron chi connectivity index (χ2n) is 9.41. The number of benzene rings is 2. The number of nitrogens with one attached hydrogen (secondary N) is 1. The van der Waals surface area contributed by atoms with Crippen molar-refractivity contribution >= 4 is 22.8 Å². The lowest BCUT2D eigenvalue weighted by Gasteiger charge is -2.32. The van der Waals surface area contributed by atoms with Gasteiger partial charge in [-0.05, 0) is 56.0 Å². The summed E-state index contributed by atoms with van der Waals surface area (Å²) in [5.41, 5.74) is 2.08. The number of amides is 2. The standard InChI is InChI=1S/C28H37N5O5/c1-4-38-15-9-14-32(26(34)19-33-25-13-8-7-12-24(25)30-31-33)27(28(35)29-21-10-5-6-11-21)20-16-22(36-2)18-23(17-20)37-3/h7-8,12-13,16-18,21,27H,4-6,9-11,14-15,19H2,1-3H3,(H,29,35)/t27-/m1/s1. The van der Waals surface area contributed by atoms with Gasteiger partial charge in [0.1, 0.15) is 29.6 Å². The van der Waals surface area contributed by atoms with E-state index in [0.717, 1.165) is 31.2 Å². The van der Waals surface area contributed by atoms with Gasteiger partial charge in [-0.3, -0.25) is 9.59 Å². The first-order valence-electron chi connectivity index (χ1n) is 13.2. The van der Waals surface area contributed by atoms with Crippen LogP contribution in [0, 0.1) is 0 Å². The molecule has 1 aliphatic carbocycles. The zero-order valence-corrected chi connectivity index (χ0v) is 22.4. The normalized spacial score (nSPS) is 14.4. The van der Waals surface area contributed by atoms with Gasteiger partial charge >= 0.3 is 0 Å². The average molecular weight is 524 g/mol. The van der Waals surface area contributed by atoms with Crippen LogP contribution in [-0.4, -0.2) is 71.7 Å². The highest BCUT2D eigenvalue weighted by molar-refractivity contribution is 5.89. The van der Waals surface area contributed by atoms with Crippen LogP contribution in [0.2, 0.25) is 0 Å². The fourth-order valence-electron chi connectivity index (χ4n) is 4.94. The van der Waals surface area contributed by atoms with E-state index >= 15 is 0 Å². The quantitative estimate of drug-likeness (QED) is 0.342. The molecular weight excluding hydrogens is 486 g/mol. The molecule has 0 radical (unpaired) electrons. The number of para-hydroxylation sites is 1. The van der Waals surface area contributed by atoms with Gasteiger partial charge in [-0.1, -0.05) is 30.2 Å². The van der Waals surface area contributed by atoms with Gasteiger partial charge in [-0.2, -0.15) is 0 Å². The fraction of sp³-hybridized carbons (Fsp3) is 0.500. The van der Waals surface area contributed by atoms with Crippen molar-refractivity contribution in [3.05, 3.63) is 48.0 Å². The molecule has 38 heavy (non-hydrogen) atoms. The lowest BCUT2D eigenvalue weighted by Crippen LogP contribution is -2.47. The maximum Gasteiger partial charge on any atom is 0.247 e. The van der Waals surface area contributed by atoms with Crippen LogP contribution in [0.5, 0.6) is 11.5 Å². The van der Waals surface area contributed by atoms with Crippen LogP contribution in [0.3, 0.4) is 0 Å². The van der Waals surface area contributed by atoms with Crippen molar-refractivity contribution in [2.24, 2.45) is 0 Å². The van der Waals surface area contributed by atoms with Gasteiger partial charge in [0.2, 0.25) is 11.8 Å². The van der Waals surface area contributed by atoms with Crippen LogP contribution in [0.1, 0.15) is 50.6 Å². The summed E-state index contributed by atoms with van der Waals surface area (Å²) >= 11 is 0. The third kappa shape index (κ3) is 6.61. The summed E-state index contributed by atoms with van der Waals surface area (Å²) in [4.78, 5) is 29.5. The van der Waals surface area contributed by atoms with Crippen LogP contribution in [0.15, 0.2) is 42.5 Å². The number of methoxy groups -OCH3 is 2. The minimum absolute atomic E-state index is 0.0521.